The second-order valence-corrected chi connectivity index (χ2v) is 10.1. The van der Waals surface area contributed by atoms with Crippen molar-refractivity contribution < 1.29 is 14.3 Å². The van der Waals surface area contributed by atoms with Crippen molar-refractivity contribution in [2.75, 3.05) is 11.9 Å². The minimum absolute atomic E-state index is 0.113. The molecule has 176 valence electrons. The van der Waals surface area contributed by atoms with E-state index in [4.69, 9.17) is 4.74 Å². The Morgan fingerprint density at radius 2 is 1.88 bits per heavy atom. The SMILES string of the molecule is CCn1c(=O)n(CCC(=O)Nc2nc3c(s2)CN(C(=O)OC(C)(C)C)CC3)c2ccccc21. The molecule has 2 amide bonds. The van der Waals surface area contributed by atoms with Gasteiger partial charge in [0.25, 0.3) is 0 Å². The summed E-state index contributed by atoms with van der Waals surface area (Å²) in [6.45, 7) is 9.27. The summed E-state index contributed by atoms with van der Waals surface area (Å²) in [4.78, 5) is 44.8. The highest BCUT2D eigenvalue weighted by Gasteiger charge is 2.28. The number of carbonyl (C=O) groups excluding carboxylic acids is 2. The van der Waals surface area contributed by atoms with Gasteiger partial charge in [-0.15, -0.1) is 0 Å². The molecule has 0 saturated heterocycles. The number of amides is 2. The Morgan fingerprint density at radius 3 is 2.55 bits per heavy atom. The van der Waals surface area contributed by atoms with Gasteiger partial charge in [0.05, 0.1) is 23.3 Å². The van der Waals surface area contributed by atoms with Crippen LogP contribution in [0.5, 0.6) is 0 Å². The van der Waals surface area contributed by atoms with Gasteiger partial charge in [0.15, 0.2) is 5.13 Å². The van der Waals surface area contributed by atoms with Gasteiger partial charge in [-0.2, -0.15) is 0 Å². The summed E-state index contributed by atoms with van der Waals surface area (Å²) in [6.07, 6.45) is 0.433. The topological polar surface area (TPSA) is 98.5 Å². The van der Waals surface area contributed by atoms with Gasteiger partial charge in [-0.25, -0.2) is 14.6 Å². The molecule has 0 saturated carbocycles. The lowest BCUT2D eigenvalue weighted by Gasteiger charge is -2.29. The first-order valence-electron chi connectivity index (χ1n) is 11.1. The number of para-hydroxylation sites is 2. The van der Waals surface area contributed by atoms with E-state index in [9.17, 15) is 14.4 Å². The molecule has 33 heavy (non-hydrogen) atoms. The molecule has 1 aliphatic heterocycles. The fourth-order valence-corrected chi connectivity index (χ4v) is 4.96. The minimum Gasteiger partial charge on any atom is -0.444 e. The Bertz CT molecular complexity index is 1250. The van der Waals surface area contributed by atoms with Gasteiger partial charge >= 0.3 is 11.8 Å². The predicted molar refractivity (Wildman–Crippen MR) is 128 cm³/mol. The van der Waals surface area contributed by atoms with Crippen molar-refractivity contribution >= 4 is 39.5 Å². The number of benzene rings is 1. The number of hydrogen-bond donors (Lipinski definition) is 1. The number of thiazole rings is 1. The summed E-state index contributed by atoms with van der Waals surface area (Å²) in [5.74, 6) is -0.203. The zero-order chi connectivity index (χ0) is 23.8. The third-order valence-electron chi connectivity index (χ3n) is 5.43. The fraction of sp³-hybridized carbons (Fsp3) is 0.478. The number of aryl methyl sites for hydroxylation is 2. The van der Waals surface area contributed by atoms with Crippen molar-refractivity contribution in [3.05, 3.63) is 45.3 Å². The molecule has 3 heterocycles. The maximum absolute atomic E-state index is 12.7. The molecule has 2 aromatic heterocycles. The zero-order valence-corrected chi connectivity index (χ0v) is 20.2. The van der Waals surface area contributed by atoms with Crippen LogP contribution in [0.2, 0.25) is 0 Å². The highest BCUT2D eigenvalue weighted by Crippen LogP contribution is 2.29. The van der Waals surface area contributed by atoms with Crippen molar-refractivity contribution in [3.63, 3.8) is 0 Å². The first-order valence-corrected chi connectivity index (χ1v) is 11.9. The highest BCUT2D eigenvalue weighted by molar-refractivity contribution is 7.15. The Balaban J connectivity index is 1.39. The van der Waals surface area contributed by atoms with E-state index in [-0.39, 0.29) is 30.7 Å². The van der Waals surface area contributed by atoms with Crippen LogP contribution in [-0.2, 0) is 35.6 Å². The van der Waals surface area contributed by atoms with Gasteiger partial charge in [-0.05, 0) is 39.8 Å². The van der Waals surface area contributed by atoms with Gasteiger partial charge < -0.3 is 15.0 Å². The van der Waals surface area contributed by atoms with Crippen LogP contribution in [0.1, 0.15) is 44.7 Å². The average Bonchev–Trinajstić information content (AvgIpc) is 3.27. The molecule has 9 nitrogen and oxygen atoms in total. The zero-order valence-electron chi connectivity index (χ0n) is 19.4. The molecule has 0 atom stereocenters. The average molecular weight is 472 g/mol. The Kier molecular flexibility index (Phi) is 6.29. The smallest absolute Gasteiger partial charge is 0.410 e. The molecule has 0 aliphatic carbocycles. The van der Waals surface area contributed by atoms with Crippen LogP contribution in [0.4, 0.5) is 9.93 Å². The fourth-order valence-electron chi connectivity index (χ4n) is 3.92. The van der Waals surface area contributed by atoms with Crippen LogP contribution in [0.15, 0.2) is 29.1 Å². The third kappa shape index (κ3) is 4.95. The van der Waals surface area contributed by atoms with Crippen LogP contribution < -0.4 is 11.0 Å². The van der Waals surface area contributed by atoms with Crippen molar-refractivity contribution in [2.24, 2.45) is 0 Å². The molecule has 3 aromatic rings. The molecule has 0 bridgehead atoms. The highest BCUT2D eigenvalue weighted by atomic mass is 32.1. The minimum atomic E-state index is -0.546. The monoisotopic (exact) mass is 471 g/mol. The molecule has 1 N–H and O–H groups in total. The molecular formula is C23H29N5O4S. The molecular weight excluding hydrogens is 442 g/mol. The van der Waals surface area contributed by atoms with E-state index in [0.717, 1.165) is 21.6 Å². The number of imidazole rings is 1. The van der Waals surface area contributed by atoms with E-state index in [1.807, 2.05) is 52.0 Å². The molecule has 4 rings (SSSR count). The maximum atomic E-state index is 12.7. The van der Waals surface area contributed by atoms with Crippen molar-refractivity contribution in [1.82, 2.24) is 19.0 Å². The third-order valence-corrected chi connectivity index (χ3v) is 6.43. The van der Waals surface area contributed by atoms with Gasteiger partial charge in [-0.1, -0.05) is 23.5 Å². The second kappa shape index (κ2) is 9.01. The number of nitrogens with one attached hydrogen (secondary N) is 1. The molecule has 0 spiro atoms. The number of hydrogen-bond acceptors (Lipinski definition) is 6. The summed E-state index contributed by atoms with van der Waals surface area (Å²) in [5.41, 5.74) is 1.93. The normalized spacial score (nSPS) is 13.8. The first kappa shape index (κ1) is 23.0. The van der Waals surface area contributed by atoms with E-state index in [2.05, 4.69) is 10.3 Å². The number of anilines is 1. The quantitative estimate of drug-likeness (QED) is 0.613. The number of aromatic nitrogens is 3. The summed E-state index contributed by atoms with van der Waals surface area (Å²) < 4.78 is 8.81. The lowest BCUT2D eigenvalue weighted by atomic mass is 10.2. The summed E-state index contributed by atoms with van der Waals surface area (Å²) in [6, 6.07) is 7.60. The molecule has 0 fully saturated rings. The van der Waals surface area contributed by atoms with Gasteiger partial charge in [-0.3, -0.25) is 13.9 Å². The number of ether oxygens (including phenoxy) is 1. The number of fused-ring (bicyclic) bond motifs is 2. The van der Waals surface area contributed by atoms with Gasteiger partial charge in [0.1, 0.15) is 5.60 Å². The summed E-state index contributed by atoms with van der Waals surface area (Å²) >= 11 is 1.37. The van der Waals surface area contributed by atoms with Crippen molar-refractivity contribution in [3.8, 4) is 0 Å². The van der Waals surface area contributed by atoms with Crippen LogP contribution in [0.25, 0.3) is 11.0 Å². The van der Waals surface area contributed by atoms with Crippen molar-refractivity contribution in [1.29, 1.82) is 0 Å². The molecule has 1 aliphatic rings. The van der Waals surface area contributed by atoms with Crippen LogP contribution in [0, 0.1) is 0 Å². The maximum Gasteiger partial charge on any atom is 0.410 e. The standard InChI is InChI=1S/C23H29N5O4S/c1-5-27-16-8-6-7-9-17(16)28(21(27)30)13-11-19(29)25-20-24-15-10-12-26(14-18(15)33-20)22(31)32-23(2,3)4/h6-9H,5,10-14H2,1-4H3,(H,24,25,29). The summed E-state index contributed by atoms with van der Waals surface area (Å²) in [5, 5.41) is 3.36. The van der Waals surface area contributed by atoms with Gasteiger partial charge in [0.2, 0.25) is 5.91 Å². The van der Waals surface area contributed by atoms with E-state index in [1.165, 1.54) is 11.3 Å². The van der Waals surface area contributed by atoms with Gasteiger partial charge in [0, 0.05) is 37.4 Å². The van der Waals surface area contributed by atoms with E-state index < -0.39 is 5.60 Å². The van der Waals surface area contributed by atoms with Crippen LogP contribution in [0.3, 0.4) is 0 Å². The Morgan fingerprint density at radius 1 is 1.18 bits per heavy atom. The number of carbonyl (C=O) groups is 2. The molecule has 0 radical (unpaired) electrons. The second-order valence-electron chi connectivity index (χ2n) is 9.01. The van der Waals surface area contributed by atoms with E-state index in [0.29, 0.717) is 31.2 Å². The molecule has 0 unspecified atom stereocenters. The Labute approximate surface area is 196 Å². The van der Waals surface area contributed by atoms with E-state index in [1.54, 1.807) is 14.0 Å². The number of rotatable bonds is 5. The van der Waals surface area contributed by atoms with E-state index >= 15 is 0 Å². The van der Waals surface area contributed by atoms with Crippen LogP contribution >= 0.6 is 11.3 Å². The molecule has 1 aromatic carbocycles. The Hall–Kier alpha value is -3.14. The lowest BCUT2D eigenvalue weighted by Crippen LogP contribution is -2.39. The van der Waals surface area contributed by atoms with Crippen LogP contribution in [-0.4, -0.2) is 43.2 Å². The molecule has 10 heteroatoms. The lowest BCUT2D eigenvalue weighted by molar-refractivity contribution is -0.116. The first-order chi connectivity index (χ1) is 15.7. The predicted octanol–water partition coefficient (Wildman–Crippen LogP) is 3.60. The summed E-state index contributed by atoms with van der Waals surface area (Å²) in [7, 11) is 0. The largest absolute Gasteiger partial charge is 0.444 e. The number of nitrogens with zero attached hydrogens (tertiary/aromatic N) is 4. The van der Waals surface area contributed by atoms with Crippen molar-refractivity contribution in [2.45, 2.75) is 65.8 Å².